The minimum atomic E-state index is -0.314. The van der Waals surface area contributed by atoms with Crippen LogP contribution in [0.1, 0.15) is 22.5 Å². The van der Waals surface area contributed by atoms with Gasteiger partial charge in [-0.05, 0) is 37.8 Å². The van der Waals surface area contributed by atoms with E-state index in [0.29, 0.717) is 10.9 Å². The van der Waals surface area contributed by atoms with Crippen LogP contribution in [-0.2, 0) is 22.6 Å². The average molecular weight is 372 g/mol. The Labute approximate surface area is 155 Å². The first kappa shape index (κ1) is 18.2. The highest BCUT2D eigenvalue weighted by Crippen LogP contribution is 2.18. The molecule has 0 unspecified atom stereocenters. The van der Waals surface area contributed by atoms with E-state index in [1.165, 1.54) is 11.8 Å². The van der Waals surface area contributed by atoms with Crippen LogP contribution in [0.25, 0.3) is 5.78 Å². The number of hydrogen-bond donors (Lipinski definition) is 0. The number of methoxy groups -OCH3 is 1. The van der Waals surface area contributed by atoms with Gasteiger partial charge in [0.25, 0.3) is 5.78 Å². The molecular formula is C18H20N4O3S. The van der Waals surface area contributed by atoms with Gasteiger partial charge in [-0.1, -0.05) is 23.9 Å². The first-order valence-corrected chi connectivity index (χ1v) is 9.29. The van der Waals surface area contributed by atoms with E-state index >= 15 is 0 Å². The second kappa shape index (κ2) is 7.74. The van der Waals surface area contributed by atoms with Crippen molar-refractivity contribution in [3.8, 4) is 5.75 Å². The van der Waals surface area contributed by atoms with Crippen molar-refractivity contribution < 1.29 is 14.3 Å². The van der Waals surface area contributed by atoms with Crippen LogP contribution < -0.4 is 4.74 Å². The van der Waals surface area contributed by atoms with Crippen LogP contribution in [-0.4, -0.2) is 38.9 Å². The molecule has 7 nitrogen and oxygen atoms in total. The fourth-order valence-corrected chi connectivity index (χ4v) is 2.99. The van der Waals surface area contributed by atoms with Gasteiger partial charge in [0.15, 0.2) is 0 Å². The van der Waals surface area contributed by atoms with Crippen LogP contribution in [0.2, 0.25) is 0 Å². The van der Waals surface area contributed by atoms with E-state index in [2.05, 4.69) is 15.1 Å². The Bertz CT molecular complexity index is 955. The Balaban J connectivity index is 1.74. The Morgan fingerprint density at radius 1 is 1.27 bits per heavy atom. The van der Waals surface area contributed by atoms with Gasteiger partial charge in [-0.3, -0.25) is 4.79 Å². The third kappa shape index (κ3) is 3.80. The molecule has 1 aromatic carbocycles. The third-order valence-electron chi connectivity index (χ3n) is 4.07. The molecule has 0 aliphatic heterocycles. The zero-order valence-electron chi connectivity index (χ0n) is 15.1. The summed E-state index contributed by atoms with van der Waals surface area (Å²) in [5.41, 5.74) is 3.29. The van der Waals surface area contributed by atoms with Gasteiger partial charge in [0.2, 0.25) is 5.16 Å². The molecule has 2 aromatic heterocycles. The molecule has 0 spiro atoms. The molecule has 0 bridgehead atoms. The largest absolute Gasteiger partial charge is 0.497 e. The van der Waals surface area contributed by atoms with Crippen molar-refractivity contribution in [3.63, 3.8) is 0 Å². The van der Waals surface area contributed by atoms with Crippen molar-refractivity contribution in [2.45, 2.75) is 32.0 Å². The molecule has 0 radical (unpaired) electrons. The van der Waals surface area contributed by atoms with Crippen molar-refractivity contribution in [2.75, 3.05) is 13.4 Å². The smallest absolute Gasteiger partial charge is 0.310 e. The molecule has 3 rings (SSSR count). The molecule has 26 heavy (non-hydrogen) atoms. The van der Waals surface area contributed by atoms with Crippen molar-refractivity contribution in [1.29, 1.82) is 0 Å². The predicted octanol–water partition coefficient (Wildman–Crippen LogP) is 2.76. The number of nitrogens with zero attached hydrogens (tertiary/aromatic N) is 4. The summed E-state index contributed by atoms with van der Waals surface area (Å²) in [5.74, 6) is 0.957. The van der Waals surface area contributed by atoms with Crippen LogP contribution in [0.15, 0.2) is 29.4 Å². The molecule has 2 heterocycles. The number of benzene rings is 1. The predicted molar refractivity (Wildman–Crippen MR) is 98.5 cm³/mol. The lowest BCUT2D eigenvalue weighted by Gasteiger charge is -2.10. The molecule has 0 amide bonds. The summed E-state index contributed by atoms with van der Waals surface area (Å²) < 4.78 is 12.3. The summed E-state index contributed by atoms with van der Waals surface area (Å²) in [5, 5.41) is 5.04. The number of rotatable bonds is 6. The summed E-state index contributed by atoms with van der Waals surface area (Å²) in [6.07, 6.45) is 2.05. The quantitative estimate of drug-likeness (QED) is 0.486. The highest BCUT2D eigenvalue weighted by atomic mass is 32.2. The molecule has 0 saturated heterocycles. The van der Waals surface area contributed by atoms with Crippen molar-refractivity contribution in [2.24, 2.45) is 0 Å². The first-order chi connectivity index (χ1) is 12.5. The zero-order chi connectivity index (χ0) is 18.7. The zero-order valence-corrected chi connectivity index (χ0v) is 16.0. The van der Waals surface area contributed by atoms with Gasteiger partial charge in [0.05, 0.1) is 13.5 Å². The Hall–Kier alpha value is -2.61. The lowest BCUT2D eigenvalue weighted by atomic mass is 10.1. The topological polar surface area (TPSA) is 78.6 Å². The molecule has 136 valence electrons. The maximum absolute atomic E-state index is 12.3. The molecular weight excluding hydrogens is 352 g/mol. The maximum atomic E-state index is 12.3. The second-order valence-electron chi connectivity index (χ2n) is 5.76. The van der Waals surface area contributed by atoms with E-state index in [1.807, 2.05) is 44.4 Å². The molecule has 3 aromatic rings. The number of carbonyl (C=O) groups excluding carboxylic acids is 1. The summed E-state index contributed by atoms with van der Waals surface area (Å²) in [6.45, 7) is 3.97. The minimum Gasteiger partial charge on any atom is -0.497 e. The SMILES string of the molecule is COc1cccc(COC(=O)Cc2c(C)nc3nc(SC)nn3c2C)c1. The molecule has 0 N–H and O–H groups in total. The number of hydrogen-bond acceptors (Lipinski definition) is 7. The maximum Gasteiger partial charge on any atom is 0.310 e. The molecule has 0 fully saturated rings. The summed E-state index contributed by atoms with van der Waals surface area (Å²) in [6, 6.07) is 7.44. The summed E-state index contributed by atoms with van der Waals surface area (Å²) in [4.78, 5) is 21.1. The lowest BCUT2D eigenvalue weighted by molar-refractivity contribution is -0.144. The van der Waals surface area contributed by atoms with Crippen LogP contribution >= 0.6 is 11.8 Å². The van der Waals surface area contributed by atoms with Crippen LogP contribution in [0.5, 0.6) is 5.75 Å². The van der Waals surface area contributed by atoms with Crippen LogP contribution in [0, 0.1) is 13.8 Å². The molecule has 0 saturated carbocycles. The van der Waals surface area contributed by atoms with Gasteiger partial charge in [-0.2, -0.15) is 4.98 Å². The number of aryl methyl sites for hydroxylation is 2. The van der Waals surface area contributed by atoms with Crippen molar-refractivity contribution in [1.82, 2.24) is 19.6 Å². The molecule has 0 atom stereocenters. The lowest BCUT2D eigenvalue weighted by Crippen LogP contribution is -2.13. The average Bonchev–Trinajstić information content (AvgIpc) is 3.07. The van der Waals surface area contributed by atoms with Gasteiger partial charge >= 0.3 is 5.97 Å². The summed E-state index contributed by atoms with van der Waals surface area (Å²) in [7, 11) is 1.60. The summed E-state index contributed by atoms with van der Waals surface area (Å²) >= 11 is 1.45. The highest BCUT2D eigenvalue weighted by molar-refractivity contribution is 7.98. The van der Waals surface area contributed by atoms with Gasteiger partial charge in [-0.25, -0.2) is 9.50 Å². The monoisotopic (exact) mass is 372 g/mol. The van der Waals surface area contributed by atoms with Gasteiger partial charge in [-0.15, -0.1) is 5.10 Å². The Morgan fingerprint density at radius 3 is 2.81 bits per heavy atom. The van der Waals surface area contributed by atoms with Crippen LogP contribution in [0.4, 0.5) is 0 Å². The van der Waals surface area contributed by atoms with E-state index < -0.39 is 0 Å². The standard InChI is InChI=1S/C18H20N4O3S/c1-11-15(12(2)22-17(19-11)20-18(21-22)26-4)9-16(23)25-10-13-6-5-7-14(8-13)24-3/h5-8H,9-10H2,1-4H3. The highest BCUT2D eigenvalue weighted by Gasteiger charge is 2.16. The fourth-order valence-electron chi connectivity index (χ4n) is 2.65. The van der Waals surface area contributed by atoms with Crippen molar-refractivity contribution >= 4 is 23.5 Å². The van der Waals surface area contributed by atoms with Crippen LogP contribution in [0.3, 0.4) is 0 Å². The molecule has 0 aliphatic carbocycles. The van der Waals surface area contributed by atoms with E-state index in [0.717, 1.165) is 28.3 Å². The van der Waals surface area contributed by atoms with Gasteiger partial charge in [0, 0.05) is 17.0 Å². The fraction of sp³-hybridized carbons (Fsp3) is 0.333. The second-order valence-corrected chi connectivity index (χ2v) is 6.53. The van der Waals surface area contributed by atoms with E-state index in [9.17, 15) is 4.79 Å². The molecule has 8 heteroatoms. The van der Waals surface area contributed by atoms with E-state index in [-0.39, 0.29) is 19.0 Å². The van der Waals surface area contributed by atoms with Gasteiger partial charge in [0.1, 0.15) is 12.4 Å². The van der Waals surface area contributed by atoms with E-state index in [1.54, 1.807) is 11.6 Å². The number of carbonyl (C=O) groups is 1. The molecule has 0 aliphatic rings. The third-order valence-corrected chi connectivity index (χ3v) is 4.61. The number of thioether (sulfide) groups is 1. The Kier molecular flexibility index (Phi) is 5.41. The number of fused-ring (bicyclic) bond motifs is 1. The van der Waals surface area contributed by atoms with E-state index in [4.69, 9.17) is 9.47 Å². The Morgan fingerprint density at radius 2 is 2.08 bits per heavy atom. The number of aromatic nitrogens is 4. The van der Waals surface area contributed by atoms with Gasteiger partial charge < -0.3 is 9.47 Å². The van der Waals surface area contributed by atoms with Crippen molar-refractivity contribution in [3.05, 3.63) is 46.8 Å². The number of ether oxygens (including phenoxy) is 2. The number of esters is 1. The minimum absolute atomic E-state index is 0.138. The normalized spacial score (nSPS) is 10.9. The first-order valence-electron chi connectivity index (χ1n) is 8.07.